The van der Waals surface area contributed by atoms with Crippen LogP contribution in [-0.2, 0) is 25.0 Å². The molecule has 9 heteroatoms. The maximum Gasteiger partial charge on any atom is 0.243 e. The van der Waals surface area contributed by atoms with Crippen LogP contribution in [0.1, 0.15) is 114 Å². The zero-order chi connectivity index (χ0) is 32.3. The smallest absolute Gasteiger partial charge is 0.243 e. The molecule has 0 bridgehead atoms. The lowest BCUT2D eigenvalue weighted by Gasteiger charge is -2.38. The molecule has 1 spiro atoms. The molecule has 1 saturated heterocycles. The van der Waals surface area contributed by atoms with Crippen molar-refractivity contribution in [3.05, 3.63) is 53.3 Å². The van der Waals surface area contributed by atoms with E-state index < -0.39 is 26.6 Å². The van der Waals surface area contributed by atoms with Gasteiger partial charge in [0.1, 0.15) is 17.3 Å². The predicted molar refractivity (Wildman–Crippen MR) is 176 cm³/mol. The van der Waals surface area contributed by atoms with E-state index in [4.69, 9.17) is 4.74 Å². The number of carbonyl (C=O) groups is 2. The highest BCUT2D eigenvalue weighted by molar-refractivity contribution is 7.90. The molecule has 1 unspecified atom stereocenters. The Labute approximate surface area is 272 Å². The summed E-state index contributed by atoms with van der Waals surface area (Å²) in [6.45, 7) is 4.24. The summed E-state index contributed by atoms with van der Waals surface area (Å²) in [5, 5.41) is 3.12. The Kier molecular flexibility index (Phi) is 8.32. The number of sulfonamides is 1. The summed E-state index contributed by atoms with van der Waals surface area (Å²) in [7, 11) is -3.71. The zero-order valence-corrected chi connectivity index (χ0v) is 27.9. The number of nitrogens with one attached hydrogen (secondary N) is 2. The molecule has 7 rings (SSSR count). The topological polar surface area (TPSA) is 102 Å². The van der Waals surface area contributed by atoms with Gasteiger partial charge in [0, 0.05) is 30.0 Å². The largest absolute Gasteiger partial charge is 0.490 e. The summed E-state index contributed by atoms with van der Waals surface area (Å²) in [6.07, 6.45) is 11.7. The second kappa shape index (κ2) is 12.0. The SMILES string of the molecule is CC(C)(C(=O)NS(=O)(=O)C1CC1)c1ccc(O[C@@H]2CC[C@@H](CC(=O)C3CNC4(CCC4)C3)C2)c(-c2cccc(F)c2C2CCC2)c1. The first kappa shape index (κ1) is 31.8. The van der Waals surface area contributed by atoms with Gasteiger partial charge in [-0.05, 0) is 131 Å². The molecule has 5 fully saturated rings. The summed E-state index contributed by atoms with van der Waals surface area (Å²) in [5.41, 5.74) is 1.84. The van der Waals surface area contributed by atoms with Gasteiger partial charge in [-0.15, -0.1) is 0 Å². The van der Waals surface area contributed by atoms with E-state index >= 15 is 4.39 Å². The summed E-state index contributed by atoms with van der Waals surface area (Å²) in [5.74, 6) is 0.712. The minimum atomic E-state index is -3.71. The highest BCUT2D eigenvalue weighted by Gasteiger charge is 2.46. The van der Waals surface area contributed by atoms with Crippen LogP contribution in [0.4, 0.5) is 4.39 Å². The Morgan fingerprint density at radius 1 is 1.02 bits per heavy atom. The summed E-state index contributed by atoms with van der Waals surface area (Å²) in [4.78, 5) is 26.6. The number of amides is 1. The van der Waals surface area contributed by atoms with E-state index in [1.54, 1.807) is 19.9 Å². The summed E-state index contributed by atoms with van der Waals surface area (Å²) >= 11 is 0. The van der Waals surface area contributed by atoms with Crippen molar-refractivity contribution in [2.75, 3.05) is 6.54 Å². The van der Waals surface area contributed by atoms with Crippen LogP contribution in [0.3, 0.4) is 0 Å². The quantitative estimate of drug-likeness (QED) is 0.281. The molecular formula is C37H47FN2O5S. The van der Waals surface area contributed by atoms with E-state index in [-0.39, 0.29) is 35.2 Å². The molecule has 0 radical (unpaired) electrons. The number of rotatable bonds is 11. The fourth-order valence-electron chi connectivity index (χ4n) is 8.09. The number of hydrogen-bond donors (Lipinski definition) is 2. The average molecular weight is 651 g/mol. The van der Waals surface area contributed by atoms with Crippen LogP contribution < -0.4 is 14.8 Å². The Hall–Kier alpha value is -2.78. The predicted octanol–water partition coefficient (Wildman–Crippen LogP) is 6.69. The van der Waals surface area contributed by atoms with Crippen molar-refractivity contribution in [2.24, 2.45) is 11.8 Å². The molecule has 3 atom stereocenters. The molecule has 2 aromatic carbocycles. The van der Waals surface area contributed by atoms with Gasteiger partial charge in [-0.1, -0.05) is 24.6 Å². The summed E-state index contributed by atoms with van der Waals surface area (Å²) < 4.78 is 49.7. The molecule has 1 amide bonds. The Morgan fingerprint density at radius 3 is 2.46 bits per heavy atom. The second-order valence-electron chi connectivity index (χ2n) is 15.3. The zero-order valence-electron chi connectivity index (χ0n) is 27.1. The van der Waals surface area contributed by atoms with Gasteiger partial charge in [-0.3, -0.25) is 14.3 Å². The molecular weight excluding hydrogens is 603 g/mol. The summed E-state index contributed by atoms with van der Waals surface area (Å²) in [6, 6.07) is 10.7. The maximum absolute atomic E-state index is 15.4. The lowest BCUT2D eigenvalue weighted by atomic mass is 9.73. The first-order chi connectivity index (χ1) is 21.9. The third-order valence-corrected chi connectivity index (χ3v) is 13.5. The number of ether oxygens (including phenoxy) is 1. The Bertz CT molecular complexity index is 1630. The Morgan fingerprint density at radius 2 is 1.80 bits per heavy atom. The molecule has 0 aromatic heterocycles. The molecule has 5 aliphatic rings. The molecule has 2 N–H and O–H groups in total. The molecule has 7 nitrogen and oxygen atoms in total. The van der Waals surface area contributed by atoms with E-state index in [0.29, 0.717) is 47.5 Å². The van der Waals surface area contributed by atoms with E-state index in [1.165, 1.54) is 25.3 Å². The van der Waals surface area contributed by atoms with Crippen LogP contribution in [-0.4, -0.2) is 43.5 Å². The minimum absolute atomic E-state index is 0.0669. The number of hydrogen-bond acceptors (Lipinski definition) is 6. The van der Waals surface area contributed by atoms with Crippen molar-refractivity contribution in [2.45, 2.75) is 126 Å². The number of ketones is 1. The van der Waals surface area contributed by atoms with Crippen molar-refractivity contribution >= 4 is 21.7 Å². The van der Waals surface area contributed by atoms with Crippen LogP contribution in [0.15, 0.2) is 36.4 Å². The highest BCUT2D eigenvalue weighted by atomic mass is 32.2. The third kappa shape index (κ3) is 6.14. The minimum Gasteiger partial charge on any atom is -0.490 e. The monoisotopic (exact) mass is 650 g/mol. The van der Waals surface area contributed by atoms with Crippen LogP contribution >= 0.6 is 0 Å². The normalized spacial score (nSPS) is 26.0. The van der Waals surface area contributed by atoms with Crippen LogP contribution in [0, 0.1) is 17.7 Å². The maximum atomic E-state index is 15.4. The van der Waals surface area contributed by atoms with Crippen molar-refractivity contribution in [3.8, 4) is 16.9 Å². The molecule has 1 heterocycles. The molecule has 2 aromatic rings. The fraction of sp³-hybridized carbons (Fsp3) is 0.622. The van der Waals surface area contributed by atoms with Gasteiger partial charge in [-0.25, -0.2) is 12.8 Å². The Balaban J connectivity index is 1.13. The van der Waals surface area contributed by atoms with Crippen molar-refractivity contribution in [1.82, 2.24) is 10.0 Å². The molecule has 248 valence electrons. The van der Waals surface area contributed by atoms with E-state index in [2.05, 4.69) is 10.0 Å². The van der Waals surface area contributed by atoms with Gasteiger partial charge in [-0.2, -0.15) is 0 Å². The first-order valence-electron chi connectivity index (χ1n) is 17.4. The van der Waals surface area contributed by atoms with Crippen molar-refractivity contribution < 1.29 is 27.1 Å². The number of Topliss-reactive ketones (excluding diaryl/α,β-unsaturated/α-hetero) is 1. The van der Waals surface area contributed by atoms with Crippen molar-refractivity contribution in [3.63, 3.8) is 0 Å². The van der Waals surface area contributed by atoms with Gasteiger partial charge in [0.15, 0.2) is 0 Å². The van der Waals surface area contributed by atoms with Crippen LogP contribution in [0.2, 0.25) is 0 Å². The van der Waals surface area contributed by atoms with Gasteiger partial charge in [0.25, 0.3) is 0 Å². The van der Waals surface area contributed by atoms with E-state index in [9.17, 15) is 18.0 Å². The molecule has 4 saturated carbocycles. The first-order valence-corrected chi connectivity index (χ1v) is 18.9. The fourth-order valence-corrected chi connectivity index (χ4v) is 9.52. The standard InChI is InChI=1S/C37H47FN2O5S/c1-36(2,35(42)40-46(43,44)28-13-14-28)26-11-15-33(30(20-26)29-8-4-9-31(38)34(29)24-6-3-7-24)45-27-12-10-23(18-27)19-32(41)25-21-37(39-22-25)16-5-17-37/h4,8-9,11,15,20,23-25,27-28,39H,3,5-7,10,12-14,16-19,21-22H2,1-2H3,(H,40,42)/t23-,25?,27-/m1/s1. The number of halogens is 1. The molecule has 46 heavy (non-hydrogen) atoms. The lowest BCUT2D eigenvalue weighted by molar-refractivity contribution is -0.124. The van der Waals surface area contributed by atoms with Gasteiger partial charge < -0.3 is 10.1 Å². The average Bonchev–Trinajstić information content (AvgIpc) is 3.59. The van der Waals surface area contributed by atoms with Crippen LogP contribution in [0.25, 0.3) is 11.1 Å². The molecule has 4 aliphatic carbocycles. The van der Waals surface area contributed by atoms with Crippen molar-refractivity contribution in [1.29, 1.82) is 0 Å². The van der Waals surface area contributed by atoms with Gasteiger partial charge in [0.05, 0.1) is 16.8 Å². The third-order valence-electron chi connectivity index (χ3n) is 11.7. The van der Waals surface area contributed by atoms with E-state index in [1.807, 2.05) is 24.3 Å². The van der Waals surface area contributed by atoms with Gasteiger partial charge in [0.2, 0.25) is 15.9 Å². The number of benzene rings is 2. The van der Waals surface area contributed by atoms with Crippen LogP contribution in [0.5, 0.6) is 5.75 Å². The van der Waals surface area contributed by atoms with E-state index in [0.717, 1.165) is 57.1 Å². The number of carbonyl (C=O) groups excluding carboxylic acids is 2. The lowest BCUT2D eigenvalue weighted by Crippen LogP contribution is -2.45. The highest BCUT2D eigenvalue weighted by Crippen LogP contribution is 2.47. The molecule has 1 aliphatic heterocycles. The van der Waals surface area contributed by atoms with Gasteiger partial charge >= 0.3 is 0 Å². The second-order valence-corrected chi connectivity index (χ2v) is 17.3.